The number of nitrogens with zero attached hydrogens (tertiary/aromatic N) is 2. The summed E-state index contributed by atoms with van der Waals surface area (Å²) in [6.07, 6.45) is 10.0. The molecule has 35 heavy (non-hydrogen) atoms. The number of carbonyl (C=O) groups is 1. The van der Waals surface area contributed by atoms with Crippen molar-refractivity contribution in [1.82, 2.24) is 25.5 Å². The maximum atomic E-state index is 12.7. The Morgan fingerprint density at radius 3 is 2.86 bits per heavy atom. The van der Waals surface area contributed by atoms with Gasteiger partial charge >= 0.3 is 0 Å². The summed E-state index contributed by atoms with van der Waals surface area (Å²) in [4.78, 5) is 23.0. The number of benzene rings is 1. The summed E-state index contributed by atoms with van der Waals surface area (Å²) in [5, 5.41) is 6.74. The summed E-state index contributed by atoms with van der Waals surface area (Å²) in [5.74, 6) is 1.60. The van der Waals surface area contributed by atoms with E-state index in [1.165, 1.54) is 37.7 Å². The normalized spacial score (nSPS) is 24.7. The molecule has 0 radical (unpaired) electrons. The fraction of sp³-hybridized carbons (Fsp3) is 0.571. The second kappa shape index (κ2) is 11.0. The van der Waals surface area contributed by atoms with Gasteiger partial charge in [-0.1, -0.05) is 36.9 Å². The number of carbonyl (C=O) groups excluding carboxylic acids is 1. The average Bonchev–Trinajstić information content (AvgIpc) is 3.77. The quantitative estimate of drug-likeness (QED) is 0.404. The molecule has 1 aliphatic carbocycles. The van der Waals surface area contributed by atoms with Crippen molar-refractivity contribution in [3.05, 3.63) is 65.9 Å². The standard InChI is InChI=1S/C28H39N5O2/c1-19-8-6-7-13-33(19)20(2)14-24(32-26(34)16-22-11-12-22)27-28(35-27)30-18-25-29-17-23(31-25)15-21-9-4-3-5-10-21/h3-5,9-10,17,19,22,24,27-28,30H,2,6-8,11-16,18H2,1H3,(H,29,31)(H,32,34)/t19-,24-,27?,28?/m0/s1. The number of hydrogen-bond acceptors (Lipinski definition) is 5. The minimum Gasteiger partial charge on any atom is -0.373 e. The van der Waals surface area contributed by atoms with Crippen molar-refractivity contribution in [2.75, 3.05) is 6.54 Å². The molecule has 5 rings (SSSR count). The van der Waals surface area contributed by atoms with Crippen molar-refractivity contribution < 1.29 is 9.53 Å². The molecule has 188 valence electrons. The molecule has 1 aromatic heterocycles. The molecule has 1 amide bonds. The molecule has 2 saturated heterocycles. The number of H-pyrrole nitrogens is 1. The molecule has 2 aliphatic heterocycles. The van der Waals surface area contributed by atoms with Crippen molar-refractivity contribution in [3.63, 3.8) is 0 Å². The van der Waals surface area contributed by atoms with Crippen molar-refractivity contribution >= 4 is 5.91 Å². The van der Waals surface area contributed by atoms with Gasteiger partial charge in [0.1, 0.15) is 18.2 Å². The first-order valence-electron chi connectivity index (χ1n) is 13.2. The SMILES string of the molecule is C=C(C[C@H](NC(=O)CC1CC1)C1OC1NCc1ncc(Cc2ccccc2)[nH]1)N1CCCC[C@@H]1C. The highest BCUT2D eigenvalue weighted by molar-refractivity contribution is 5.77. The Labute approximate surface area is 208 Å². The van der Waals surface area contributed by atoms with E-state index in [0.717, 1.165) is 36.6 Å². The number of aromatic amines is 1. The number of ether oxygens (including phenoxy) is 1. The monoisotopic (exact) mass is 477 g/mol. The molecule has 3 heterocycles. The van der Waals surface area contributed by atoms with Crippen LogP contribution in [0.15, 0.2) is 48.8 Å². The molecule has 7 nitrogen and oxygen atoms in total. The zero-order chi connectivity index (χ0) is 24.2. The smallest absolute Gasteiger partial charge is 0.220 e. The van der Waals surface area contributed by atoms with Crippen LogP contribution in [0.5, 0.6) is 0 Å². The van der Waals surface area contributed by atoms with E-state index in [4.69, 9.17) is 4.74 Å². The van der Waals surface area contributed by atoms with E-state index in [1.807, 2.05) is 12.3 Å². The number of piperidine rings is 1. The Morgan fingerprint density at radius 2 is 2.09 bits per heavy atom. The molecular formula is C28H39N5O2. The number of nitrogens with one attached hydrogen (secondary N) is 3. The van der Waals surface area contributed by atoms with Crippen molar-refractivity contribution in [2.45, 2.75) is 89.3 Å². The van der Waals surface area contributed by atoms with Gasteiger partial charge in [-0.2, -0.15) is 0 Å². The Kier molecular flexibility index (Phi) is 7.54. The van der Waals surface area contributed by atoms with Crippen LogP contribution in [0.25, 0.3) is 0 Å². The Hall–Kier alpha value is -2.64. The lowest BCUT2D eigenvalue weighted by Crippen LogP contribution is -2.44. The Balaban J connectivity index is 1.14. The van der Waals surface area contributed by atoms with E-state index in [2.05, 4.69) is 63.3 Å². The fourth-order valence-corrected chi connectivity index (χ4v) is 5.23. The summed E-state index contributed by atoms with van der Waals surface area (Å²) < 4.78 is 6.01. The number of amides is 1. The van der Waals surface area contributed by atoms with E-state index in [-0.39, 0.29) is 24.3 Å². The van der Waals surface area contributed by atoms with Gasteiger partial charge in [-0.3, -0.25) is 10.1 Å². The third-order valence-corrected chi connectivity index (χ3v) is 7.49. The van der Waals surface area contributed by atoms with Gasteiger partial charge in [-0.05, 0) is 50.5 Å². The van der Waals surface area contributed by atoms with E-state index in [1.54, 1.807) is 0 Å². The summed E-state index contributed by atoms with van der Waals surface area (Å²) in [6.45, 7) is 8.33. The number of likely N-dealkylation sites (tertiary alicyclic amines) is 1. The molecular weight excluding hydrogens is 438 g/mol. The highest BCUT2D eigenvalue weighted by Gasteiger charge is 2.46. The summed E-state index contributed by atoms with van der Waals surface area (Å²) in [7, 11) is 0. The number of rotatable bonds is 12. The van der Waals surface area contributed by atoms with Crippen LogP contribution in [0, 0.1) is 5.92 Å². The van der Waals surface area contributed by atoms with E-state index >= 15 is 0 Å². The number of aromatic nitrogens is 2. The van der Waals surface area contributed by atoms with Crippen molar-refractivity contribution in [3.8, 4) is 0 Å². The van der Waals surface area contributed by atoms with Crippen LogP contribution >= 0.6 is 0 Å². The second-order valence-electron chi connectivity index (χ2n) is 10.5. The molecule has 2 aromatic rings. The second-order valence-corrected chi connectivity index (χ2v) is 10.5. The molecule has 2 unspecified atom stereocenters. The molecule has 1 aromatic carbocycles. The van der Waals surface area contributed by atoms with Crippen LogP contribution in [-0.4, -0.2) is 51.7 Å². The van der Waals surface area contributed by atoms with Gasteiger partial charge < -0.3 is 19.9 Å². The van der Waals surface area contributed by atoms with Gasteiger partial charge in [0.2, 0.25) is 5.91 Å². The molecule has 0 bridgehead atoms. The minimum atomic E-state index is -0.0875. The largest absolute Gasteiger partial charge is 0.373 e. The molecule has 3 fully saturated rings. The zero-order valence-electron chi connectivity index (χ0n) is 20.8. The predicted octanol–water partition coefficient (Wildman–Crippen LogP) is 3.88. The third-order valence-electron chi connectivity index (χ3n) is 7.49. The first-order chi connectivity index (χ1) is 17.0. The number of hydrogen-bond donors (Lipinski definition) is 3. The first kappa shape index (κ1) is 24.1. The maximum absolute atomic E-state index is 12.7. The summed E-state index contributed by atoms with van der Waals surface area (Å²) in [5.41, 5.74) is 3.47. The molecule has 0 spiro atoms. The van der Waals surface area contributed by atoms with E-state index < -0.39 is 0 Å². The average molecular weight is 478 g/mol. The van der Waals surface area contributed by atoms with Gasteiger partial charge in [-0.25, -0.2) is 4.98 Å². The molecule has 3 N–H and O–H groups in total. The van der Waals surface area contributed by atoms with Crippen LogP contribution in [0.3, 0.4) is 0 Å². The van der Waals surface area contributed by atoms with Crippen LogP contribution in [-0.2, 0) is 22.5 Å². The Morgan fingerprint density at radius 1 is 1.26 bits per heavy atom. The molecule has 4 atom stereocenters. The van der Waals surface area contributed by atoms with Crippen molar-refractivity contribution in [1.29, 1.82) is 0 Å². The fourth-order valence-electron chi connectivity index (χ4n) is 5.23. The Bertz CT molecular complexity index is 1000. The van der Waals surface area contributed by atoms with Gasteiger partial charge in [0.25, 0.3) is 0 Å². The molecule has 1 saturated carbocycles. The van der Waals surface area contributed by atoms with E-state index in [0.29, 0.717) is 24.9 Å². The lowest BCUT2D eigenvalue weighted by Gasteiger charge is -2.37. The number of epoxide rings is 1. The van der Waals surface area contributed by atoms with Crippen molar-refractivity contribution in [2.24, 2.45) is 5.92 Å². The van der Waals surface area contributed by atoms with Crippen LogP contribution in [0.4, 0.5) is 0 Å². The predicted molar refractivity (Wildman–Crippen MR) is 136 cm³/mol. The van der Waals surface area contributed by atoms with Gasteiger partial charge in [0.05, 0.1) is 12.6 Å². The van der Waals surface area contributed by atoms with Crippen LogP contribution in [0.1, 0.15) is 69.0 Å². The van der Waals surface area contributed by atoms with E-state index in [9.17, 15) is 4.79 Å². The number of imidazole rings is 1. The van der Waals surface area contributed by atoms with Gasteiger partial charge in [0, 0.05) is 49.4 Å². The minimum absolute atomic E-state index is 0.0475. The van der Waals surface area contributed by atoms with Crippen LogP contribution in [0.2, 0.25) is 0 Å². The van der Waals surface area contributed by atoms with Gasteiger partial charge in [0.15, 0.2) is 0 Å². The molecule has 3 aliphatic rings. The highest BCUT2D eigenvalue weighted by Crippen LogP contribution is 2.33. The third kappa shape index (κ3) is 6.73. The maximum Gasteiger partial charge on any atom is 0.220 e. The van der Waals surface area contributed by atoms with Crippen LogP contribution < -0.4 is 10.6 Å². The summed E-state index contributed by atoms with van der Waals surface area (Å²) >= 11 is 0. The highest BCUT2D eigenvalue weighted by atomic mass is 16.6. The lowest BCUT2D eigenvalue weighted by atomic mass is 10.00. The first-order valence-corrected chi connectivity index (χ1v) is 13.2. The zero-order valence-corrected chi connectivity index (χ0v) is 20.8. The molecule has 7 heteroatoms. The summed E-state index contributed by atoms with van der Waals surface area (Å²) in [6, 6.07) is 10.8. The lowest BCUT2D eigenvalue weighted by molar-refractivity contribution is -0.122. The topological polar surface area (TPSA) is 85.6 Å². The van der Waals surface area contributed by atoms with Gasteiger partial charge in [-0.15, -0.1) is 0 Å².